The summed E-state index contributed by atoms with van der Waals surface area (Å²) in [6.45, 7) is 3.80. The van der Waals surface area contributed by atoms with Crippen molar-refractivity contribution in [3.63, 3.8) is 0 Å². The Balaban J connectivity index is 0.00000120. The molecule has 0 saturated heterocycles. The average Bonchev–Trinajstić information content (AvgIpc) is 2.70. The number of carbonyl (C=O) groups excluding carboxylic acids is 1. The number of nitrogens with zero attached hydrogens (tertiary/aromatic N) is 1. The van der Waals surface area contributed by atoms with Crippen molar-refractivity contribution in [3.05, 3.63) is 17.0 Å². The fraction of sp³-hybridized carbons (Fsp3) is 0.667. The van der Waals surface area contributed by atoms with Crippen LogP contribution in [-0.2, 0) is 13.0 Å². The van der Waals surface area contributed by atoms with Crippen LogP contribution in [0.1, 0.15) is 47.9 Å². The molecule has 0 unspecified atom stereocenters. The van der Waals surface area contributed by atoms with Crippen LogP contribution in [0.5, 0.6) is 0 Å². The third-order valence-electron chi connectivity index (χ3n) is 3.89. The quantitative estimate of drug-likeness (QED) is 0.755. The summed E-state index contributed by atoms with van der Waals surface area (Å²) in [4.78, 5) is 12.2. The maximum atomic E-state index is 12.2. The normalized spacial score (nSPS) is 20.3. The Morgan fingerprint density at radius 2 is 2.22 bits per heavy atom. The topological polar surface area (TPSA) is 69.8 Å². The molecule has 1 amide bonds. The van der Waals surface area contributed by atoms with Gasteiger partial charge in [-0.2, -0.15) is 5.10 Å². The molecule has 0 radical (unpaired) electrons. The highest BCUT2D eigenvalue weighted by Gasteiger charge is 2.34. The molecule has 2 aliphatic rings. The van der Waals surface area contributed by atoms with Gasteiger partial charge in [0, 0.05) is 36.3 Å². The maximum Gasteiger partial charge on any atom is 0.272 e. The first-order valence-electron chi connectivity index (χ1n) is 6.27. The zero-order valence-corrected chi connectivity index (χ0v) is 11.3. The first-order valence-corrected chi connectivity index (χ1v) is 6.27. The van der Waals surface area contributed by atoms with Gasteiger partial charge in [-0.05, 0) is 26.2 Å². The van der Waals surface area contributed by atoms with E-state index in [0.717, 1.165) is 43.6 Å². The molecule has 1 aromatic rings. The Kier molecular flexibility index (Phi) is 3.64. The Morgan fingerprint density at radius 3 is 2.89 bits per heavy atom. The molecule has 18 heavy (non-hydrogen) atoms. The predicted molar refractivity (Wildman–Crippen MR) is 71.0 cm³/mol. The highest BCUT2D eigenvalue weighted by atomic mass is 35.5. The zero-order chi connectivity index (χ0) is 11.9. The van der Waals surface area contributed by atoms with E-state index in [2.05, 4.69) is 27.8 Å². The first-order chi connectivity index (χ1) is 8.18. The lowest BCUT2D eigenvalue weighted by molar-refractivity contribution is 0.0844. The number of halogens is 1. The van der Waals surface area contributed by atoms with E-state index in [1.807, 2.05) is 0 Å². The van der Waals surface area contributed by atoms with E-state index in [1.165, 1.54) is 6.42 Å². The smallest absolute Gasteiger partial charge is 0.272 e. The van der Waals surface area contributed by atoms with Crippen molar-refractivity contribution in [3.8, 4) is 0 Å². The van der Waals surface area contributed by atoms with Crippen LogP contribution in [0.4, 0.5) is 0 Å². The minimum Gasteiger partial charge on any atom is -0.345 e. The molecule has 0 aromatic carbocycles. The fourth-order valence-electron chi connectivity index (χ4n) is 2.58. The summed E-state index contributed by atoms with van der Waals surface area (Å²) in [6.07, 6.45) is 4.27. The minimum absolute atomic E-state index is 0. The van der Waals surface area contributed by atoms with Crippen molar-refractivity contribution < 1.29 is 4.79 Å². The van der Waals surface area contributed by atoms with Gasteiger partial charge in [0.25, 0.3) is 5.91 Å². The first kappa shape index (κ1) is 13.4. The van der Waals surface area contributed by atoms with Gasteiger partial charge < -0.3 is 10.6 Å². The molecule has 2 heterocycles. The number of hydrogen-bond donors (Lipinski definition) is 3. The van der Waals surface area contributed by atoms with Crippen molar-refractivity contribution in [2.75, 3.05) is 6.54 Å². The molecule has 1 saturated carbocycles. The van der Waals surface area contributed by atoms with Gasteiger partial charge in [-0.3, -0.25) is 9.89 Å². The number of fused-ring (bicyclic) bond motifs is 1. The number of aromatic amines is 1. The van der Waals surface area contributed by atoms with Gasteiger partial charge in [0.2, 0.25) is 0 Å². The maximum absolute atomic E-state index is 12.2. The van der Waals surface area contributed by atoms with Crippen LogP contribution in [0.25, 0.3) is 0 Å². The van der Waals surface area contributed by atoms with Crippen molar-refractivity contribution in [1.29, 1.82) is 0 Å². The van der Waals surface area contributed by atoms with E-state index < -0.39 is 0 Å². The lowest BCUT2D eigenvalue weighted by Gasteiger charge is -2.39. The number of nitrogens with one attached hydrogen (secondary N) is 3. The molecule has 1 aromatic heterocycles. The van der Waals surface area contributed by atoms with E-state index in [1.54, 1.807) is 0 Å². The molecule has 0 bridgehead atoms. The van der Waals surface area contributed by atoms with Crippen LogP contribution in [-0.4, -0.2) is 28.2 Å². The molecule has 5 nitrogen and oxygen atoms in total. The highest BCUT2D eigenvalue weighted by Crippen LogP contribution is 2.31. The Hall–Kier alpha value is -1.07. The van der Waals surface area contributed by atoms with Gasteiger partial charge in [0.15, 0.2) is 5.69 Å². The number of aromatic nitrogens is 2. The molecule has 100 valence electrons. The van der Waals surface area contributed by atoms with Crippen LogP contribution in [0, 0.1) is 0 Å². The van der Waals surface area contributed by atoms with Crippen LogP contribution in [0.15, 0.2) is 0 Å². The largest absolute Gasteiger partial charge is 0.345 e. The number of H-pyrrole nitrogens is 1. The molecule has 1 aliphatic carbocycles. The zero-order valence-electron chi connectivity index (χ0n) is 10.5. The standard InChI is InChI=1S/C12H18N4O.ClH/c1-12(4-2-5-12)14-11(17)10-8-7-13-6-3-9(8)15-16-10;/h13H,2-7H2,1H3,(H,14,17)(H,15,16);1H. The Morgan fingerprint density at radius 1 is 1.44 bits per heavy atom. The second-order valence-electron chi connectivity index (χ2n) is 5.32. The lowest BCUT2D eigenvalue weighted by atomic mass is 9.78. The monoisotopic (exact) mass is 270 g/mol. The number of amides is 1. The fourth-order valence-corrected chi connectivity index (χ4v) is 2.58. The molecule has 0 spiro atoms. The second-order valence-corrected chi connectivity index (χ2v) is 5.32. The summed E-state index contributed by atoms with van der Waals surface area (Å²) < 4.78 is 0. The molecule has 3 rings (SSSR count). The van der Waals surface area contributed by atoms with Gasteiger partial charge in [0.05, 0.1) is 0 Å². The summed E-state index contributed by atoms with van der Waals surface area (Å²) in [5.74, 6) is -0.0339. The summed E-state index contributed by atoms with van der Waals surface area (Å²) in [5.41, 5.74) is 2.70. The van der Waals surface area contributed by atoms with E-state index in [4.69, 9.17) is 0 Å². The second kappa shape index (κ2) is 4.90. The van der Waals surface area contributed by atoms with Gasteiger partial charge in [0.1, 0.15) is 0 Å². The van der Waals surface area contributed by atoms with Gasteiger partial charge >= 0.3 is 0 Å². The number of hydrogen-bond acceptors (Lipinski definition) is 3. The number of carbonyl (C=O) groups is 1. The lowest BCUT2D eigenvalue weighted by Crippen LogP contribution is -2.51. The van der Waals surface area contributed by atoms with Crippen LogP contribution in [0.3, 0.4) is 0 Å². The summed E-state index contributed by atoms with van der Waals surface area (Å²) in [6, 6.07) is 0. The van der Waals surface area contributed by atoms with E-state index in [-0.39, 0.29) is 23.9 Å². The Bertz CT molecular complexity index is 453. The average molecular weight is 271 g/mol. The molecular weight excluding hydrogens is 252 g/mol. The van der Waals surface area contributed by atoms with Crippen molar-refractivity contribution >= 4 is 18.3 Å². The molecule has 1 aliphatic heterocycles. The van der Waals surface area contributed by atoms with E-state index >= 15 is 0 Å². The van der Waals surface area contributed by atoms with Crippen LogP contribution in [0.2, 0.25) is 0 Å². The predicted octanol–water partition coefficient (Wildman–Crippen LogP) is 1.15. The van der Waals surface area contributed by atoms with E-state index in [9.17, 15) is 4.79 Å². The summed E-state index contributed by atoms with van der Waals surface area (Å²) in [7, 11) is 0. The SMILES string of the molecule is CC1(NC(=O)c2n[nH]c3c2CNCC3)CCC1.Cl. The molecule has 1 fully saturated rings. The molecular formula is C12H19ClN4O. The van der Waals surface area contributed by atoms with E-state index in [0.29, 0.717) is 5.69 Å². The third-order valence-corrected chi connectivity index (χ3v) is 3.89. The Labute approximate surface area is 113 Å². The number of rotatable bonds is 2. The molecule has 3 N–H and O–H groups in total. The van der Waals surface area contributed by atoms with Crippen molar-refractivity contribution in [2.45, 2.75) is 44.7 Å². The van der Waals surface area contributed by atoms with Crippen LogP contribution >= 0.6 is 12.4 Å². The molecule has 0 atom stereocenters. The van der Waals surface area contributed by atoms with Crippen LogP contribution < -0.4 is 10.6 Å². The molecule has 6 heteroatoms. The summed E-state index contributed by atoms with van der Waals surface area (Å²) in [5, 5.41) is 13.5. The van der Waals surface area contributed by atoms with Gasteiger partial charge in [-0.15, -0.1) is 12.4 Å². The van der Waals surface area contributed by atoms with Gasteiger partial charge in [-0.25, -0.2) is 0 Å². The van der Waals surface area contributed by atoms with Crippen molar-refractivity contribution in [2.24, 2.45) is 0 Å². The van der Waals surface area contributed by atoms with Crippen molar-refractivity contribution in [1.82, 2.24) is 20.8 Å². The summed E-state index contributed by atoms with van der Waals surface area (Å²) >= 11 is 0. The van der Waals surface area contributed by atoms with Gasteiger partial charge in [-0.1, -0.05) is 0 Å². The highest BCUT2D eigenvalue weighted by molar-refractivity contribution is 5.94. The minimum atomic E-state index is -0.0339. The third kappa shape index (κ3) is 2.24.